The van der Waals surface area contributed by atoms with Crippen LogP contribution in [0.15, 0.2) is 27.1 Å². The molecule has 2 aliphatic carbocycles. The summed E-state index contributed by atoms with van der Waals surface area (Å²) in [5.41, 5.74) is 0.726. The first-order valence-electron chi connectivity index (χ1n) is 6.41. The molecular weight excluding hydrogens is 358 g/mol. The van der Waals surface area contributed by atoms with Crippen molar-refractivity contribution in [2.24, 2.45) is 11.8 Å². The van der Waals surface area contributed by atoms with E-state index in [0.717, 1.165) is 26.3 Å². The second kappa shape index (κ2) is 4.97. The Morgan fingerprint density at radius 3 is 2.28 bits per heavy atom. The summed E-state index contributed by atoms with van der Waals surface area (Å²) in [5.74, 6) is 1.52. The van der Waals surface area contributed by atoms with Gasteiger partial charge in [-0.25, -0.2) is 0 Å². The second-order valence-corrected chi connectivity index (χ2v) is 7.07. The third-order valence-electron chi connectivity index (χ3n) is 3.73. The van der Waals surface area contributed by atoms with Gasteiger partial charge < -0.3 is 5.32 Å². The van der Waals surface area contributed by atoms with Gasteiger partial charge in [0.25, 0.3) is 5.91 Å². The number of nitrogens with one attached hydrogen (secondary N) is 1. The quantitative estimate of drug-likeness (QED) is 0.845. The predicted molar refractivity (Wildman–Crippen MR) is 78.5 cm³/mol. The van der Waals surface area contributed by atoms with E-state index < -0.39 is 0 Å². The van der Waals surface area contributed by atoms with E-state index in [0.29, 0.717) is 6.04 Å². The SMILES string of the molecule is O=C(NC(C1CC1)C1CC1)c1ccc(Br)cc1Br. The summed E-state index contributed by atoms with van der Waals surface area (Å²) in [6.45, 7) is 0. The van der Waals surface area contributed by atoms with Gasteiger partial charge in [-0.3, -0.25) is 4.79 Å². The molecule has 2 fully saturated rings. The zero-order valence-corrected chi connectivity index (χ0v) is 13.1. The molecule has 1 N–H and O–H groups in total. The van der Waals surface area contributed by atoms with E-state index in [1.165, 1.54) is 25.7 Å². The number of benzene rings is 1. The molecule has 2 aliphatic rings. The van der Waals surface area contributed by atoms with E-state index >= 15 is 0 Å². The molecular formula is C14H15Br2NO. The Kier molecular flexibility index (Phi) is 3.50. The highest BCUT2D eigenvalue weighted by Gasteiger charge is 2.42. The maximum absolute atomic E-state index is 12.3. The molecule has 0 unspecified atom stereocenters. The fourth-order valence-corrected chi connectivity index (χ4v) is 3.66. The summed E-state index contributed by atoms with van der Waals surface area (Å²) >= 11 is 6.85. The number of carbonyl (C=O) groups excluding carboxylic acids is 1. The summed E-state index contributed by atoms with van der Waals surface area (Å²) in [4.78, 5) is 12.3. The molecule has 18 heavy (non-hydrogen) atoms. The topological polar surface area (TPSA) is 29.1 Å². The van der Waals surface area contributed by atoms with Gasteiger partial charge >= 0.3 is 0 Å². The summed E-state index contributed by atoms with van der Waals surface area (Å²) in [6.07, 6.45) is 5.12. The molecule has 0 atom stereocenters. The first kappa shape index (κ1) is 12.7. The Bertz CT molecular complexity index is 469. The van der Waals surface area contributed by atoms with Gasteiger partial charge in [-0.2, -0.15) is 0 Å². The van der Waals surface area contributed by atoms with Gasteiger partial charge in [-0.05, 0) is 71.6 Å². The molecule has 2 nitrogen and oxygen atoms in total. The molecule has 3 rings (SSSR count). The van der Waals surface area contributed by atoms with Crippen LogP contribution in [0.2, 0.25) is 0 Å². The van der Waals surface area contributed by atoms with Crippen LogP contribution in [0, 0.1) is 11.8 Å². The normalized spacial score (nSPS) is 19.1. The molecule has 0 aliphatic heterocycles. The Morgan fingerprint density at radius 2 is 1.78 bits per heavy atom. The largest absolute Gasteiger partial charge is 0.349 e. The van der Waals surface area contributed by atoms with Gasteiger partial charge in [0.15, 0.2) is 0 Å². The van der Waals surface area contributed by atoms with E-state index in [2.05, 4.69) is 37.2 Å². The fourth-order valence-electron chi connectivity index (χ4n) is 2.43. The Morgan fingerprint density at radius 1 is 1.17 bits per heavy atom. The minimum atomic E-state index is 0.0539. The molecule has 0 spiro atoms. The molecule has 2 saturated carbocycles. The van der Waals surface area contributed by atoms with E-state index in [9.17, 15) is 4.79 Å². The van der Waals surface area contributed by atoms with Crippen molar-refractivity contribution in [3.8, 4) is 0 Å². The number of carbonyl (C=O) groups is 1. The maximum Gasteiger partial charge on any atom is 0.252 e. The molecule has 0 saturated heterocycles. The lowest BCUT2D eigenvalue weighted by Crippen LogP contribution is -2.38. The van der Waals surface area contributed by atoms with Crippen molar-refractivity contribution in [1.29, 1.82) is 0 Å². The maximum atomic E-state index is 12.3. The highest BCUT2D eigenvalue weighted by atomic mass is 79.9. The average molecular weight is 373 g/mol. The van der Waals surface area contributed by atoms with Crippen molar-refractivity contribution in [3.63, 3.8) is 0 Å². The third-order valence-corrected chi connectivity index (χ3v) is 4.88. The van der Waals surface area contributed by atoms with E-state index in [1.807, 2.05) is 18.2 Å². The smallest absolute Gasteiger partial charge is 0.252 e. The van der Waals surface area contributed by atoms with Crippen molar-refractivity contribution in [2.45, 2.75) is 31.7 Å². The second-order valence-electron chi connectivity index (χ2n) is 5.30. The molecule has 1 amide bonds. The molecule has 0 bridgehead atoms. The summed E-state index contributed by atoms with van der Waals surface area (Å²) in [5, 5.41) is 3.23. The lowest BCUT2D eigenvalue weighted by Gasteiger charge is -2.18. The minimum absolute atomic E-state index is 0.0539. The van der Waals surface area contributed by atoms with Crippen LogP contribution in [0.25, 0.3) is 0 Å². The predicted octanol–water partition coefficient (Wildman–Crippen LogP) is 4.13. The lowest BCUT2D eigenvalue weighted by molar-refractivity contribution is 0.0925. The highest BCUT2D eigenvalue weighted by Crippen LogP contribution is 2.44. The van der Waals surface area contributed by atoms with Crippen LogP contribution in [0.5, 0.6) is 0 Å². The number of hydrogen-bond acceptors (Lipinski definition) is 1. The van der Waals surface area contributed by atoms with Crippen molar-refractivity contribution < 1.29 is 4.79 Å². The molecule has 0 heterocycles. The summed E-state index contributed by atoms with van der Waals surface area (Å²) in [6, 6.07) is 6.09. The molecule has 96 valence electrons. The van der Waals surface area contributed by atoms with Crippen LogP contribution in [0.1, 0.15) is 36.0 Å². The van der Waals surface area contributed by atoms with Gasteiger partial charge in [-0.1, -0.05) is 15.9 Å². The number of hydrogen-bond donors (Lipinski definition) is 1. The Balaban J connectivity index is 1.73. The van der Waals surface area contributed by atoms with E-state index in [4.69, 9.17) is 0 Å². The monoisotopic (exact) mass is 371 g/mol. The van der Waals surface area contributed by atoms with E-state index in [1.54, 1.807) is 0 Å². The van der Waals surface area contributed by atoms with Crippen LogP contribution >= 0.6 is 31.9 Å². The van der Waals surface area contributed by atoms with Crippen LogP contribution in [0.3, 0.4) is 0 Å². The van der Waals surface area contributed by atoms with Crippen LogP contribution in [0.4, 0.5) is 0 Å². The first-order chi connectivity index (χ1) is 8.65. The van der Waals surface area contributed by atoms with Gasteiger partial charge in [0.1, 0.15) is 0 Å². The van der Waals surface area contributed by atoms with Gasteiger partial charge in [-0.15, -0.1) is 0 Å². The Labute approximate surface area is 124 Å². The standard InChI is InChI=1S/C14H15Br2NO/c15-10-5-6-11(12(16)7-10)14(18)17-13(8-1-2-8)9-3-4-9/h5-9,13H,1-4H2,(H,17,18). The van der Waals surface area contributed by atoms with Crippen LogP contribution < -0.4 is 5.32 Å². The number of rotatable bonds is 4. The zero-order valence-electron chi connectivity index (χ0n) is 9.96. The molecule has 4 heteroatoms. The highest BCUT2D eigenvalue weighted by molar-refractivity contribution is 9.11. The van der Waals surface area contributed by atoms with Crippen molar-refractivity contribution >= 4 is 37.8 Å². The number of halogens is 2. The zero-order chi connectivity index (χ0) is 12.7. The van der Waals surface area contributed by atoms with Crippen molar-refractivity contribution in [3.05, 3.63) is 32.7 Å². The van der Waals surface area contributed by atoms with Crippen molar-refractivity contribution in [1.82, 2.24) is 5.32 Å². The molecule has 1 aromatic carbocycles. The molecule has 1 aromatic rings. The first-order valence-corrected chi connectivity index (χ1v) is 7.99. The van der Waals surface area contributed by atoms with Gasteiger partial charge in [0, 0.05) is 15.0 Å². The summed E-state index contributed by atoms with van der Waals surface area (Å²) < 4.78 is 1.83. The minimum Gasteiger partial charge on any atom is -0.349 e. The van der Waals surface area contributed by atoms with Gasteiger partial charge in [0.05, 0.1) is 5.56 Å². The average Bonchev–Trinajstić information content (AvgIpc) is 3.17. The molecule has 0 aromatic heterocycles. The van der Waals surface area contributed by atoms with Crippen LogP contribution in [-0.2, 0) is 0 Å². The van der Waals surface area contributed by atoms with E-state index in [-0.39, 0.29) is 5.91 Å². The Hall–Kier alpha value is -0.350. The van der Waals surface area contributed by atoms with Crippen LogP contribution in [-0.4, -0.2) is 11.9 Å². The van der Waals surface area contributed by atoms with Crippen molar-refractivity contribution in [2.75, 3.05) is 0 Å². The fraction of sp³-hybridized carbons (Fsp3) is 0.500. The lowest BCUT2D eigenvalue weighted by atomic mass is 10.1. The third kappa shape index (κ3) is 2.80. The molecule has 0 radical (unpaired) electrons. The summed E-state index contributed by atoms with van der Waals surface area (Å²) in [7, 11) is 0. The number of amides is 1. The van der Waals surface area contributed by atoms with Gasteiger partial charge in [0.2, 0.25) is 0 Å².